The summed E-state index contributed by atoms with van der Waals surface area (Å²) in [6.07, 6.45) is 2.33. The first-order valence-electron chi connectivity index (χ1n) is 4.78. The second-order valence-corrected chi connectivity index (χ2v) is 4.29. The number of hydrogen-bond acceptors (Lipinski definition) is 5. The third-order valence-electron chi connectivity index (χ3n) is 1.59. The fraction of sp³-hybridized carbons (Fsp3) is 0.556. The van der Waals surface area contributed by atoms with Crippen molar-refractivity contribution in [2.45, 2.75) is 18.4 Å². The van der Waals surface area contributed by atoms with Crippen LogP contribution in [0.1, 0.15) is 13.3 Å². The Morgan fingerprint density at radius 2 is 2.40 bits per heavy atom. The molecule has 0 saturated carbocycles. The Morgan fingerprint density at radius 3 is 3.07 bits per heavy atom. The number of aromatic nitrogens is 2. The van der Waals surface area contributed by atoms with Gasteiger partial charge in [0.25, 0.3) is 0 Å². The minimum atomic E-state index is 0.190. The van der Waals surface area contributed by atoms with Crippen molar-refractivity contribution in [1.82, 2.24) is 9.97 Å². The van der Waals surface area contributed by atoms with Crippen molar-refractivity contribution in [2.75, 3.05) is 24.2 Å². The number of hydrogen-bond donors (Lipinski definition) is 2. The van der Waals surface area contributed by atoms with Gasteiger partial charge in [0.15, 0.2) is 0 Å². The van der Waals surface area contributed by atoms with Gasteiger partial charge in [0.2, 0.25) is 5.95 Å². The van der Waals surface area contributed by atoms with E-state index in [4.69, 9.17) is 16.7 Å². The lowest BCUT2D eigenvalue weighted by Crippen LogP contribution is -2.02. The maximum atomic E-state index is 8.66. The van der Waals surface area contributed by atoms with Crippen LogP contribution in [-0.2, 0) is 0 Å². The van der Waals surface area contributed by atoms with Crippen LogP contribution < -0.4 is 5.32 Å². The summed E-state index contributed by atoms with van der Waals surface area (Å²) in [4.78, 5) is 8.30. The zero-order valence-corrected chi connectivity index (χ0v) is 10.1. The molecule has 0 aliphatic heterocycles. The molecule has 0 aliphatic carbocycles. The lowest BCUT2D eigenvalue weighted by Gasteiger charge is -2.05. The third-order valence-corrected chi connectivity index (χ3v) is 3.05. The summed E-state index contributed by atoms with van der Waals surface area (Å²) >= 11 is 7.47. The van der Waals surface area contributed by atoms with Gasteiger partial charge in [-0.25, -0.2) is 9.97 Å². The number of nitrogens with zero attached hydrogens (tertiary/aromatic N) is 2. The van der Waals surface area contributed by atoms with Gasteiger partial charge in [-0.15, -0.1) is 11.8 Å². The van der Waals surface area contributed by atoms with E-state index in [-0.39, 0.29) is 6.61 Å². The molecule has 2 N–H and O–H groups in total. The van der Waals surface area contributed by atoms with Crippen molar-refractivity contribution in [3.63, 3.8) is 0 Å². The van der Waals surface area contributed by atoms with Crippen molar-refractivity contribution in [3.8, 4) is 0 Å². The number of halogens is 1. The van der Waals surface area contributed by atoms with E-state index in [1.165, 1.54) is 11.8 Å². The fourth-order valence-electron chi connectivity index (χ4n) is 0.929. The van der Waals surface area contributed by atoms with Gasteiger partial charge in [0, 0.05) is 18.9 Å². The second-order valence-electron chi connectivity index (χ2n) is 2.80. The lowest BCUT2D eigenvalue weighted by molar-refractivity contribution is 0.296. The summed E-state index contributed by atoms with van der Waals surface area (Å²) < 4.78 is 0. The smallest absolute Gasteiger partial charge is 0.223 e. The largest absolute Gasteiger partial charge is 0.396 e. The van der Waals surface area contributed by atoms with Gasteiger partial charge in [-0.3, -0.25) is 0 Å². The average molecular weight is 248 g/mol. The zero-order chi connectivity index (χ0) is 11.1. The summed E-state index contributed by atoms with van der Waals surface area (Å²) in [5.74, 6) is 1.40. The van der Waals surface area contributed by atoms with Crippen LogP contribution >= 0.6 is 23.4 Å². The number of thioether (sulfide) groups is 1. The molecule has 0 unspecified atom stereocenters. The second kappa shape index (κ2) is 6.87. The van der Waals surface area contributed by atoms with Gasteiger partial charge in [-0.2, -0.15) is 0 Å². The molecular weight excluding hydrogens is 234 g/mol. The van der Waals surface area contributed by atoms with Gasteiger partial charge >= 0.3 is 0 Å². The van der Waals surface area contributed by atoms with Crippen LogP contribution in [-0.4, -0.2) is 34.0 Å². The molecule has 0 saturated heterocycles. The summed E-state index contributed by atoms with van der Waals surface area (Å²) in [7, 11) is 0. The predicted molar refractivity (Wildman–Crippen MR) is 63.6 cm³/mol. The number of aliphatic hydroxyl groups is 1. The van der Waals surface area contributed by atoms with Crippen molar-refractivity contribution in [1.29, 1.82) is 0 Å². The van der Waals surface area contributed by atoms with E-state index in [9.17, 15) is 0 Å². The molecule has 0 fully saturated rings. The van der Waals surface area contributed by atoms with Gasteiger partial charge in [0.05, 0.1) is 11.2 Å². The molecule has 4 nitrogen and oxygen atoms in total. The highest BCUT2D eigenvalue weighted by molar-refractivity contribution is 7.99. The van der Waals surface area contributed by atoms with Gasteiger partial charge in [-0.1, -0.05) is 11.6 Å². The standard InChI is InChI=1S/C9H14ClN3OS/c1-2-11-9-12-6-7(10)8(13-9)15-5-3-4-14/h6,14H,2-5H2,1H3,(H,11,12,13). The Balaban J connectivity index is 2.63. The van der Waals surface area contributed by atoms with Crippen LogP contribution in [0.15, 0.2) is 11.2 Å². The number of nitrogens with one attached hydrogen (secondary N) is 1. The molecule has 0 radical (unpaired) electrons. The molecular formula is C9H14ClN3OS. The summed E-state index contributed by atoms with van der Waals surface area (Å²) in [5, 5.41) is 13.0. The number of aliphatic hydroxyl groups excluding tert-OH is 1. The van der Waals surface area contributed by atoms with Crippen LogP contribution in [0.2, 0.25) is 5.02 Å². The third kappa shape index (κ3) is 4.24. The Morgan fingerprint density at radius 1 is 1.60 bits per heavy atom. The van der Waals surface area contributed by atoms with E-state index in [0.717, 1.165) is 23.7 Å². The van der Waals surface area contributed by atoms with Gasteiger partial charge < -0.3 is 10.4 Å². The Hall–Kier alpha value is -0.520. The maximum Gasteiger partial charge on any atom is 0.223 e. The molecule has 0 aliphatic rings. The summed E-state index contributed by atoms with van der Waals surface area (Å²) in [5.41, 5.74) is 0. The predicted octanol–water partition coefficient (Wildman–Crippen LogP) is 2.04. The van der Waals surface area contributed by atoms with Gasteiger partial charge in [0.1, 0.15) is 5.03 Å². The molecule has 15 heavy (non-hydrogen) atoms. The van der Waals surface area contributed by atoms with Crippen molar-refractivity contribution < 1.29 is 5.11 Å². The molecule has 1 aromatic heterocycles. The summed E-state index contributed by atoms with van der Waals surface area (Å²) in [6.45, 7) is 2.95. The summed E-state index contributed by atoms with van der Waals surface area (Å²) in [6, 6.07) is 0. The van der Waals surface area contributed by atoms with E-state index in [0.29, 0.717) is 11.0 Å². The number of anilines is 1. The lowest BCUT2D eigenvalue weighted by atomic mass is 10.5. The molecule has 84 valence electrons. The molecule has 0 atom stereocenters. The molecule has 1 rings (SSSR count). The zero-order valence-electron chi connectivity index (χ0n) is 8.53. The maximum absolute atomic E-state index is 8.66. The van der Waals surface area contributed by atoms with E-state index in [2.05, 4.69) is 15.3 Å². The van der Waals surface area contributed by atoms with E-state index in [1.807, 2.05) is 6.92 Å². The SMILES string of the molecule is CCNc1ncc(Cl)c(SCCCO)n1. The van der Waals surface area contributed by atoms with Crippen LogP contribution in [0.4, 0.5) is 5.95 Å². The molecule has 0 bridgehead atoms. The normalized spacial score (nSPS) is 10.3. The highest BCUT2D eigenvalue weighted by atomic mass is 35.5. The molecule has 6 heteroatoms. The van der Waals surface area contributed by atoms with Crippen LogP contribution in [0.5, 0.6) is 0 Å². The van der Waals surface area contributed by atoms with Crippen LogP contribution in [0.3, 0.4) is 0 Å². The molecule has 1 aromatic rings. The van der Waals surface area contributed by atoms with E-state index >= 15 is 0 Å². The Labute approximate surface area is 98.5 Å². The van der Waals surface area contributed by atoms with E-state index < -0.39 is 0 Å². The quantitative estimate of drug-likeness (QED) is 0.458. The Bertz CT molecular complexity index is 311. The molecule has 0 spiro atoms. The first-order valence-corrected chi connectivity index (χ1v) is 6.14. The van der Waals surface area contributed by atoms with Crippen molar-refractivity contribution in [3.05, 3.63) is 11.2 Å². The average Bonchev–Trinajstić information content (AvgIpc) is 2.23. The van der Waals surface area contributed by atoms with E-state index in [1.54, 1.807) is 6.20 Å². The minimum absolute atomic E-state index is 0.190. The first-order chi connectivity index (χ1) is 7.27. The van der Waals surface area contributed by atoms with Crippen molar-refractivity contribution >= 4 is 29.3 Å². The molecule has 0 amide bonds. The molecule has 1 heterocycles. The number of rotatable bonds is 6. The first kappa shape index (κ1) is 12.5. The fourth-order valence-corrected chi connectivity index (χ4v) is 1.99. The van der Waals surface area contributed by atoms with Crippen LogP contribution in [0.25, 0.3) is 0 Å². The minimum Gasteiger partial charge on any atom is -0.396 e. The molecule has 0 aromatic carbocycles. The highest BCUT2D eigenvalue weighted by Gasteiger charge is 2.05. The van der Waals surface area contributed by atoms with Crippen LogP contribution in [0, 0.1) is 0 Å². The topological polar surface area (TPSA) is 58.0 Å². The van der Waals surface area contributed by atoms with Crippen molar-refractivity contribution in [2.24, 2.45) is 0 Å². The highest BCUT2D eigenvalue weighted by Crippen LogP contribution is 2.25. The Kier molecular flexibility index (Phi) is 5.75. The van der Waals surface area contributed by atoms with Gasteiger partial charge in [-0.05, 0) is 13.3 Å². The monoisotopic (exact) mass is 247 g/mol.